The van der Waals surface area contributed by atoms with Gasteiger partial charge in [0.15, 0.2) is 0 Å². The first-order chi connectivity index (χ1) is 9.72. The zero-order valence-electron chi connectivity index (χ0n) is 12.3. The van der Waals surface area contributed by atoms with Gasteiger partial charge in [-0.2, -0.15) is 0 Å². The fraction of sp³-hybridized carbons (Fsp3) is 0.625. The number of rotatable bonds is 3. The number of likely N-dealkylation sites (N-methyl/N-ethyl adjacent to an activating group) is 1. The van der Waals surface area contributed by atoms with E-state index in [4.69, 9.17) is 0 Å². The van der Waals surface area contributed by atoms with Crippen LogP contribution in [0.4, 0.5) is 0 Å². The van der Waals surface area contributed by atoms with Gasteiger partial charge in [-0.15, -0.1) is 0 Å². The van der Waals surface area contributed by atoms with Crippen LogP contribution >= 0.6 is 0 Å². The van der Waals surface area contributed by atoms with Gasteiger partial charge in [-0.1, -0.05) is 30.3 Å². The maximum Gasteiger partial charge on any atom is 0.0834 e. The molecule has 2 aliphatic rings. The molecule has 0 spiro atoms. The van der Waals surface area contributed by atoms with Gasteiger partial charge in [-0.05, 0) is 12.6 Å². The van der Waals surface area contributed by atoms with Crippen molar-refractivity contribution in [1.29, 1.82) is 0 Å². The number of hydrogen-bond acceptors (Lipinski definition) is 4. The molecule has 3 rings (SSSR count). The predicted octanol–water partition coefficient (Wildman–Crippen LogP) is 0.479. The second kappa shape index (κ2) is 6.22. The minimum absolute atomic E-state index is 0.206. The van der Waals surface area contributed by atoms with E-state index >= 15 is 0 Å². The standard InChI is InChI=1S/C16H25N3O/c1-17-7-9-19(10-8-17)15-12-18(13-16(15)20)11-14-5-3-2-4-6-14/h2-6,15-16,20H,7-13H2,1H3/t15-,16-/m1/s1. The van der Waals surface area contributed by atoms with Gasteiger partial charge in [0, 0.05) is 51.9 Å². The summed E-state index contributed by atoms with van der Waals surface area (Å²) in [6.45, 7) is 7.12. The fourth-order valence-electron chi connectivity index (χ4n) is 3.33. The predicted molar refractivity (Wildman–Crippen MR) is 80.6 cm³/mol. The van der Waals surface area contributed by atoms with E-state index in [2.05, 4.69) is 52.1 Å². The SMILES string of the molecule is CN1CCN([C@@H]2CN(Cc3ccccc3)C[C@H]2O)CC1. The highest BCUT2D eigenvalue weighted by Gasteiger charge is 2.36. The maximum absolute atomic E-state index is 10.4. The van der Waals surface area contributed by atoms with Gasteiger partial charge in [-0.25, -0.2) is 0 Å². The Morgan fingerprint density at radius 2 is 1.75 bits per heavy atom. The van der Waals surface area contributed by atoms with Crippen LogP contribution in [-0.4, -0.2) is 78.3 Å². The van der Waals surface area contributed by atoms with Crippen molar-refractivity contribution in [1.82, 2.24) is 14.7 Å². The summed E-state index contributed by atoms with van der Waals surface area (Å²) in [4.78, 5) is 7.21. The largest absolute Gasteiger partial charge is 0.390 e. The van der Waals surface area contributed by atoms with Gasteiger partial charge in [0.05, 0.1) is 6.10 Å². The van der Waals surface area contributed by atoms with Gasteiger partial charge < -0.3 is 10.0 Å². The lowest BCUT2D eigenvalue weighted by Crippen LogP contribution is -2.52. The molecule has 0 aliphatic carbocycles. The number of benzene rings is 1. The Kier molecular flexibility index (Phi) is 4.36. The van der Waals surface area contributed by atoms with Crippen LogP contribution in [-0.2, 0) is 6.54 Å². The first kappa shape index (κ1) is 14.0. The molecule has 2 heterocycles. The lowest BCUT2D eigenvalue weighted by Gasteiger charge is -2.37. The Bertz CT molecular complexity index is 417. The fourth-order valence-corrected chi connectivity index (χ4v) is 3.33. The first-order valence-electron chi connectivity index (χ1n) is 7.59. The number of aliphatic hydroxyl groups is 1. The molecule has 4 nitrogen and oxygen atoms in total. The number of β-amino-alcohol motifs (C(OH)–C–C–N with tert-alkyl or cyclic N) is 1. The molecule has 2 aliphatic heterocycles. The molecular weight excluding hydrogens is 250 g/mol. The van der Waals surface area contributed by atoms with Crippen LogP contribution < -0.4 is 0 Å². The van der Waals surface area contributed by atoms with Crippen molar-refractivity contribution in [3.8, 4) is 0 Å². The van der Waals surface area contributed by atoms with Crippen LogP contribution in [0.3, 0.4) is 0 Å². The second-order valence-electron chi connectivity index (χ2n) is 6.15. The molecule has 1 N–H and O–H groups in total. The average Bonchev–Trinajstić information content (AvgIpc) is 2.81. The zero-order valence-corrected chi connectivity index (χ0v) is 12.3. The van der Waals surface area contributed by atoms with Crippen molar-refractivity contribution in [2.45, 2.75) is 18.7 Å². The molecule has 1 aromatic carbocycles. The molecule has 2 atom stereocenters. The van der Waals surface area contributed by atoms with Crippen molar-refractivity contribution in [3.05, 3.63) is 35.9 Å². The summed E-state index contributed by atoms with van der Waals surface area (Å²) < 4.78 is 0. The highest BCUT2D eigenvalue weighted by Crippen LogP contribution is 2.19. The highest BCUT2D eigenvalue weighted by molar-refractivity contribution is 5.15. The Morgan fingerprint density at radius 1 is 1.05 bits per heavy atom. The maximum atomic E-state index is 10.4. The van der Waals surface area contributed by atoms with Crippen LogP contribution in [0.2, 0.25) is 0 Å². The van der Waals surface area contributed by atoms with Crippen molar-refractivity contribution < 1.29 is 5.11 Å². The number of likely N-dealkylation sites (tertiary alicyclic amines) is 1. The van der Waals surface area contributed by atoms with E-state index in [0.29, 0.717) is 6.04 Å². The first-order valence-corrected chi connectivity index (χ1v) is 7.59. The van der Waals surface area contributed by atoms with Gasteiger partial charge in [0.1, 0.15) is 0 Å². The summed E-state index contributed by atoms with van der Waals surface area (Å²) in [7, 11) is 2.17. The van der Waals surface area contributed by atoms with E-state index in [1.165, 1.54) is 5.56 Å². The van der Waals surface area contributed by atoms with Crippen molar-refractivity contribution in [3.63, 3.8) is 0 Å². The number of aliphatic hydroxyl groups excluding tert-OH is 1. The lowest BCUT2D eigenvalue weighted by molar-refractivity contribution is 0.0512. The average molecular weight is 275 g/mol. The van der Waals surface area contributed by atoms with E-state index in [1.54, 1.807) is 0 Å². The molecule has 2 saturated heterocycles. The van der Waals surface area contributed by atoms with Crippen molar-refractivity contribution in [2.24, 2.45) is 0 Å². The molecule has 1 aromatic rings. The summed E-state index contributed by atoms with van der Waals surface area (Å²) in [6.07, 6.45) is -0.206. The monoisotopic (exact) mass is 275 g/mol. The minimum Gasteiger partial charge on any atom is -0.390 e. The van der Waals surface area contributed by atoms with Crippen LogP contribution in [0.25, 0.3) is 0 Å². The van der Waals surface area contributed by atoms with Crippen LogP contribution in [0.5, 0.6) is 0 Å². The molecule has 0 unspecified atom stereocenters. The Hall–Kier alpha value is -0.940. The van der Waals surface area contributed by atoms with E-state index in [-0.39, 0.29) is 6.10 Å². The molecular formula is C16H25N3O. The number of piperazine rings is 1. The van der Waals surface area contributed by atoms with E-state index in [9.17, 15) is 5.11 Å². The summed E-state index contributed by atoms with van der Waals surface area (Å²) in [5.74, 6) is 0. The topological polar surface area (TPSA) is 30.0 Å². The van der Waals surface area contributed by atoms with Crippen molar-refractivity contribution >= 4 is 0 Å². The Labute approximate surface area is 121 Å². The van der Waals surface area contributed by atoms with E-state index < -0.39 is 0 Å². The van der Waals surface area contributed by atoms with Gasteiger partial charge in [-0.3, -0.25) is 9.80 Å². The second-order valence-corrected chi connectivity index (χ2v) is 6.15. The summed E-state index contributed by atoms with van der Waals surface area (Å²) in [5, 5.41) is 10.4. The smallest absolute Gasteiger partial charge is 0.0834 e. The van der Waals surface area contributed by atoms with E-state index in [1.807, 2.05) is 0 Å². The molecule has 4 heteroatoms. The highest BCUT2D eigenvalue weighted by atomic mass is 16.3. The zero-order chi connectivity index (χ0) is 13.9. The third kappa shape index (κ3) is 3.20. The third-order valence-electron chi connectivity index (χ3n) is 4.59. The van der Waals surface area contributed by atoms with Crippen LogP contribution in [0.15, 0.2) is 30.3 Å². The molecule has 20 heavy (non-hydrogen) atoms. The summed E-state index contributed by atoms with van der Waals surface area (Å²) in [5.41, 5.74) is 1.33. The molecule has 110 valence electrons. The Balaban J connectivity index is 1.56. The Morgan fingerprint density at radius 3 is 2.45 bits per heavy atom. The van der Waals surface area contributed by atoms with Gasteiger partial charge in [0.25, 0.3) is 0 Å². The number of nitrogens with zero attached hydrogens (tertiary/aromatic N) is 3. The van der Waals surface area contributed by atoms with Crippen LogP contribution in [0.1, 0.15) is 5.56 Å². The molecule has 0 radical (unpaired) electrons. The third-order valence-corrected chi connectivity index (χ3v) is 4.59. The molecule has 0 aromatic heterocycles. The molecule has 0 amide bonds. The van der Waals surface area contributed by atoms with E-state index in [0.717, 1.165) is 45.8 Å². The molecule has 2 fully saturated rings. The molecule has 0 bridgehead atoms. The lowest BCUT2D eigenvalue weighted by atomic mass is 10.1. The normalized spacial score (nSPS) is 29.9. The van der Waals surface area contributed by atoms with Gasteiger partial charge >= 0.3 is 0 Å². The minimum atomic E-state index is -0.206. The van der Waals surface area contributed by atoms with Gasteiger partial charge in [0.2, 0.25) is 0 Å². The van der Waals surface area contributed by atoms with Crippen molar-refractivity contribution in [2.75, 3.05) is 46.3 Å². The quantitative estimate of drug-likeness (QED) is 0.869. The molecule has 0 saturated carbocycles. The summed E-state index contributed by atoms with van der Waals surface area (Å²) >= 11 is 0. The van der Waals surface area contributed by atoms with Crippen LogP contribution in [0, 0.1) is 0 Å². The number of hydrogen-bond donors (Lipinski definition) is 1. The summed E-state index contributed by atoms with van der Waals surface area (Å²) in [6, 6.07) is 10.9.